The van der Waals surface area contributed by atoms with Crippen LogP contribution in [0.15, 0.2) is 73.6 Å². The largest absolute Gasteiger partial charge is 0.386 e. The van der Waals surface area contributed by atoms with Crippen molar-refractivity contribution in [2.45, 2.75) is 18.6 Å². The van der Waals surface area contributed by atoms with Crippen LogP contribution in [0.3, 0.4) is 0 Å². The molecule has 1 atom stereocenters. The Kier molecular flexibility index (Phi) is 5.51. The van der Waals surface area contributed by atoms with E-state index in [1.807, 2.05) is 53.2 Å². The average Bonchev–Trinajstić information content (AvgIpc) is 3.48. The van der Waals surface area contributed by atoms with Crippen molar-refractivity contribution in [3.8, 4) is 0 Å². The number of likely N-dealkylation sites (N-methyl/N-ethyl adjacent to an activating group) is 1. The van der Waals surface area contributed by atoms with E-state index < -0.39 is 5.60 Å². The van der Waals surface area contributed by atoms with Crippen molar-refractivity contribution in [3.63, 3.8) is 0 Å². The van der Waals surface area contributed by atoms with Crippen LogP contribution in [0.4, 0.5) is 5.69 Å². The molecule has 168 valence electrons. The highest BCUT2D eigenvalue weighted by Gasteiger charge is 2.38. The molecular formula is C25H26N6O2. The van der Waals surface area contributed by atoms with Gasteiger partial charge in [0.15, 0.2) is 0 Å². The molecule has 0 aliphatic carbocycles. The van der Waals surface area contributed by atoms with Crippen molar-refractivity contribution >= 4 is 22.6 Å². The Labute approximate surface area is 192 Å². The first-order chi connectivity index (χ1) is 16.0. The van der Waals surface area contributed by atoms with E-state index in [1.165, 1.54) is 0 Å². The number of amides is 1. The fourth-order valence-electron chi connectivity index (χ4n) is 4.54. The number of hydrogen-bond donors (Lipinski definition) is 1. The third-order valence-electron chi connectivity index (χ3n) is 6.12. The van der Waals surface area contributed by atoms with Crippen LogP contribution in [-0.4, -0.2) is 67.7 Å². The van der Waals surface area contributed by atoms with Crippen LogP contribution in [0.1, 0.15) is 22.3 Å². The number of benzene rings is 1. The van der Waals surface area contributed by atoms with E-state index in [0.29, 0.717) is 31.6 Å². The average molecular weight is 443 g/mol. The molecule has 5 rings (SSSR count). The van der Waals surface area contributed by atoms with Gasteiger partial charge in [0, 0.05) is 57.0 Å². The number of carbonyl (C=O) groups excluding carboxylic acids is 1. The summed E-state index contributed by atoms with van der Waals surface area (Å²) in [5, 5.41) is 11.3. The first kappa shape index (κ1) is 21.1. The van der Waals surface area contributed by atoms with Crippen molar-refractivity contribution in [3.05, 3.63) is 84.7 Å². The number of rotatable bonds is 6. The molecule has 1 N–H and O–H groups in total. The Morgan fingerprint density at radius 3 is 2.91 bits per heavy atom. The van der Waals surface area contributed by atoms with Crippen LogP contribution >= 0.6 is 0 Å². The van der Waals surface area contributed by atoms with Crippen molar-refractivity contribution in [2.24, 2.45) is 0 Å². The maximum Gasteiger partial charge on any atom is 0.253 e. The zero-order valence-corrected chi connectivity index (χ0v) is 18.5. The van der Waals surface area contributed by atoms with E-state index in [-0.39, 0.29) is 12.5 Å². The Morgan fingerprint density at radius 1 is 1.15 bits per heavy atom. The smallest absolute Gasteiger partial charge is 0.253 e. The highest BCUT2D eigenvalue weighted by atomic mass is 16.3. The minimum absolute atomic E-state index is 0.106. The van der Waals surface area contributed by atoms with Gasteiger partial charge in [-0.1, -0.05) is 12.1 Å². The molecule has 8 nitrogen and oxygen atoms in total. The summed E-state index contributed by atoms with van der Waals surface area (Å²) in [5.41, 5.74) is 3.24. The van der Waals surface area contributed by atoms with E-state index in [1.54, 1.807) is 36.9 Å². The lowest BCUT2D eigenvalue weighted by molar-refractivity contribution is 0.0264. The van der Waals surface area contributed by atoms with E-state index in [0.717, 1.165) is 22.3 Å². The van der Waals surface area contributed by atoms with Gasteiger partial charge in [0.2, 0.25) is 0 Å². The molecule has 1 aliphatic rings. The van der Waals surface area contributed by atoms with E-state index in [4.69, 9.17) is 0 Å². The highest BCUT2D eigenvalue weighted by Crippen LogP contribution is 2.31. The second kappa shape index (κ2) is 8.63. The number of β-amino-alcohol motifs (C(OH)–C–C–N with tert-alkyl or cyclic N) is 1. The molecule has 0 saturated carbocycles. The van der Waals surface area contributed by atoms with Gasteiger partial charge >= 0.3 is 0 Å². The standard InChI is InChI=1S/C25H26N6O2/c1-29(24(32)20-5-2-4-19(14-20)15-30-13-11-26-18-30)16-25(33)8-12-31(17-25)22-7-10-27-21-6-3-9-28-23(21)22/h2-7,9-11,13-14,18,33H,8,12,15-17H2,1H3/t25-/m0/s1. The zero-order chi connectivity index (χ0) is 22.8. The molecule has 33 heavy (non-hydrogen) atoms. The van der Waals surface area contributed by atoms with Gasteiger partial charge in [-0.15, -0.1) is 0 Å². The molecule has 0 radical (unpaired) electrons. The summed E-state index contributed by atoms with van der Waals surface area (Å²) in [5.74, 6) is -0.106. The Morgan fingerprint density at radius 2 is 2.06 bits per heavy atom. The van der Waals surface area contributed by atoms with E-state index >= 15 is 0 Å². The number of hydrogen-bond acceptors (Lipinski definition) is 6. The first-order valence-electron chi connectivity index (χ1n) is 11.0. The molecule has 8 heteroatoms. The Balaban J connectivity index is 1.28. The van der Waals surface area contributed by atoms with Gasteiger partial charge in [-0.2, -0.15) is 0 Å². The molecular weight excluding hydrogens is 416 g/mol. The molecule has 4 heterocycles. The number of aliphatic hydroxyl groups is 1. The molecule has 1 amide bonds. The number of nitrogens with zero attached hydrogens (tertiary/aromatic N) is 6. The minimum Gasteiger partial charge on any atom is -0.386 e. The molecule has 0 unspecified atom stereocenters. The van der Waals surface area contributed by atoms with Crippen molar-refractivity contribution < 1.29 is 9.90 Å². The van der Waals surface area contributed by atoms with Crippen LogP contribution in [-0.2, 0) is 6.54 Å². The summed E-state index contributed by atoms with van der Waals surface area (Å²) in [6.07, 6.45) is 9.47. The maximum atomic E-state index is 13.1. The summed E-state index contributed by atoms with van der Waals surface area (Å²) >= 11 is 0. The van der Waals surface area contributed by atoms with Gasteiger partial charge in [0.1, 0.15) is 11.1 Å². The van der Waals surface area contributed by atoms with Gasteiger partial charge in [-0.3, -0.25) is 14.8 Å². The lowest BCUT2D eigenvalue weighted by Gasteiger charge is -2.29. The number of imidazole rings is 1. The van der Waals surface area contributed by atoms with Gasteiger partial charge < -0.3 is 19.5 Å². The number of pyridine rings is 2. The molecule has 3 aromatic heterocycles. The maximum absolute atomic E-state index is 13.1. The van der Waals surface area contributed by atoms with E-state index in [9.17, 15) is 9.90 Å². The molecule has 1 fully saturated rings. The topological polar surface area (TPSA) is 87.4 Å². The third-order valence-corrected chi connectivity index (χ3v) is 6.12. The monoisotopic (exact) mass is 442 g/mol. The molecule has 4 aromatic rings. The molecule has 0 bridgehead atoms. The highest BCUT2D eigenvalue weighted by molar-refractivity contribution is 5.94. The number of fused-ring (bicyclic) bond motifs is 1. The van der Waals surface area contributed by atoms with Gasteiger partial charge in [0.25, 0.3) is 5.91 Å². The van der Waals surface area contributed by atoms with Crippen LogP contribution in [0.25, 0.3) is 11.0 Å². The molecule has 1 aromatic carbocycles. The minimum atomic E-state index is -0.997. The molecule has 1 aliphatic heterocycles. The lowest BCUT2D eigenvalue weighted by atomic mass is 10.0. The third kappa shape index (κ3) is 4.42. The Hall–Kier alpha value is -3.78. The predicted molar refractivity (Wildman–Crippen MR) is 126 cm³/mol. The number of anilines is 1. The summed E-state index contributed by atoms with van der Waals surface area (Å²) in [6.45, 7) is 2.03. The van der Waals surface area contributed by atoms with Gasteiger partial charge in [-0.25, -0.2) is 4.98 Å². The van der Waals surface area contributed by atoms with Crippen molar-refractivity contribution in [1.82, 2.24) is 24.4 Å². The predicted octanol–water partition coefficient (Wildman–Crippen LogP) is 2.59. The summed E-state index contributed by atoms with van der Waals surface area (Å²) in [7, 11) is 1.74. The van der Waals surface area contributed by atoms with Crippen LogP contribution < -0.4 is 4.90 Å². The van der Waals surface area contributed by atoms with Crippen LogP contribution in [0.5, 0.6) is 0 Å². The van der Waals surface area contributed by atoms with Crippen LogP contribution in [0, 0.1) is 0 Å². The Bertz CT molecular complexity index is 1270. The van der Waals surface area contributed by atoms with E-state index in [2.05, 4.69) is 19.9 Å². The first-order valence-corrected chi connectivity index (χ1v) is 11.0. The zero-order valence-electron chi connectivity index (χ0n) is 18.5. The fraction of sp³-hybridized carbons (Fsp3) is 0.280. The van der Waals surface area contributed by atoms with Crippen LogP contribution in [0.2, 0.25) is 0 Å². The quantitative estimate of drug-likeness (QED) is 0.494. The lowest BCUT2D eigenvalue weighted by Crippen LogP contribution is -2.45. The summed E-state index contributed by atoms with van der Waals surface area (Å²) < 4.78 is 1.96. The normalized spacial score (nSPS) is 18.1. The van der Waals surface area contributed by atoms with Gasteiger partial charge in [-0.05, 0) is 42.3 Å². The number of carbonyl (C=O) groups is 1. The SMILES string of the molecule is CN(C[C@@]1(O)CCN(c2ccnc3cccnc23)C1)C(=O)c1cccc(Cn2ccnc2)c1. The molecule has 1 saturated heterocycles. The second-order valence-electron chi connectivity index (χ2n) is 8.69. The van der Waals surface area contributed by atoms with Crippen molar-refractivity contribution in [1.29, 1.82) is 0 Å². The fourth-order valence-corrected chi connectivity index (χ4v) is 4.54. The van der Waals surface area contributed by atoms with Crippen molar-refractivity contribution in [2.75, 3.05) is 31.6 Å². The second-order valence-corrected chi connectivity index (χ2v) is 8.69. The van der Waals surface area contributed by atoms with Gasteiger partial charge in [0.05, 0.1) is 24.1 Å². The molecule has 0 spiro atoms. The number of aromatic nitrogens is 4. The summed E-state index contributed by atoms with van der Waals surface area (Å²) in [4.78, 5) is 29.8. The summed E-state index contributed by atoms with van der Waals surface area (Å²) in [6, 6.07) is 13.3.